The van der Waals surface area contributed by atoms with Crippen molar-refractivity contribution >= 4 is 29.5 Å². The van der Waals surface area contributed by atoms with Crippen LogP contribution in [-0.2, 0) is 31.1 Å². The molecule has 1 spiro atoms. The number of amides is 4. The number of carbonyl (C=O) groups excluding carboxylic acids is 4. The smallest absolute Gasteiger partial charge is 0.408 e. The van der Waals surface area contributed by atoms with Crippen LogP contribution in [0.4, 0.5) is 10.5 Å². The molecule has 1 aliphatic carbocycles. The predicted molar refractivity (Wildman–Crippen MR) is 132 cm³/mol. The zero-order valence-corrected chi connectivity index (χ0v) is 19.9. The third-order valence-corrected chi connectivity index (χ3v) is 7.69. The Hall–Kier alpha value is -3.88. The third kappa shape index (κ3) is 4.41. The van der Waals surface area contributed by atoms with Crippen LogP contribution in [0.1, 0.15) is 43.2 Å². The molecule has 3 atom stereocenters. The van der Waals surface area contributed by atoms with Gasteiger partial charge in [-0.2, -0.15) is 0 Å². The van der Waals surface area contributed by atoms with Crippen LogP contribution in [0.3, 0.4) is 0 Å². The fourth-order valence-corrected chi connectivity index (χ4v) is 5.52. The number of alkyl carbamates (subject to hydrolysis) is 1. The standard InChI is InChI=1S/C27H30N4O5/c28-23(32)22-14-27(19-11-4-5-12-20(19)29-25(27)34)16-31(22)24(33)21(13-17-9-6-10-17)30-26(35)36-15-18-7-2-1-3-8-18/h1-5,7-8,11-12,17,21-22H,6,9-10,13-16H2,(H2,28,32)(H,29,34)(H,30,35)/t21-,22-,27-/m0/s1. The zero-order chi connectivity index (χ0) is 25.3. The van der Waals surface area contributed by atoms with E-state index in [2.05, 4.69) is 10.6 Å². The number of para-hydroxylation sites is 1. The summed E-state index contributed by atoms with van der Waals surface area (Å²) in [5.41, 5.74) is 6.92. The molecule has 2 aromatic carbocycles. The second kappa shape index (κ2) is 9.64. The Morgan fingerprint density at radius 1 is 1.11 bits per heavy atom. The molecule has 3 aliphatic rings. The Kier molecular flexibility index (Phi) is 6.38. The van der Waals surface area contributed by atoms with Crippen LogP contribution in [0.2, 0.25) is 0 Å². The van der Waals surface area contributed by atoms with Gasteiger partial charge in [0.2, 0.25) is 17.7 Å². The van der Waals surface area contributed by atoms with Crippen LogP contribution in [0.25, 0.3) is 0 Å². The van der Waals surface area contributed by atoms with Gasteiger partial charge in [0.1, 0.15) is 18.7 Å². The first-order valence-corrected chi connectivity index (χ1v) is 12.4. The van der Waals surface area contributed by atoms with E-state index in [1.807, 2.05) is 48.5 Å². The Balaban J connectivity index is 1.35. The van der Waals surface area contributed by atoms with Crippen molar-refractivity contribution in [3.05, 3.63) is 65.7 Å². The molecule has 2 aliphatic heterocycles. The first-order valence-electron chi connectivity index (χ1n) is 12.4. The van der Waals surface area contributed by atoms with Crippen molar-refractivity contribution in [2.45, 2.75) is 56.2 Å². The quantitative estimate of drug-likeness (QED) is 0.549. The number of hydrogen-bond donors (Lipinski definition) is 3. The lowest BCUT2D eigenvalue weighted by atomic mass is 9.79. The molecule has 0 aromatic heterocycles. The van der Waals surface area contributed by atoms with E-state index in [1.165, 1.54) is 4.90 Å². The van der Waals surface area contributed by atoms with Crippen molar-refractivity contribution in [1.29, 1.82) is 0 Å². The summed E-state index contributed by atoms with van der Waals surface area (Å²) in [6.07, 6.45) is 2.87. The number of carbonyl (C=O) groups is 4. The van der Waals surface area contributed by atoms with Gasteiger partial charge in [0.05, 0.1) is 5.41 Å². The van der Waals surface area contributed by atoms with Crippen molar-refractivity contribution < 1.29 is 23.9 Å². The molecular weight excluding hydrogens is 460 g/mol. The van der Waals surface area contributed by atoms with E-state index in [0.29, 0.717) is 18.0 Å². The molecule has 2 aromatic rings. The molecule has 1 saturated heterocycles. The summed E-state index contributed by atoms with van der Waals surface area (Å²) in [6.45, 7) is 0.0922. The minimum absolute atomic E-state index is 0.0181. The highest BCUT2D eigenvalue weighted by Gasteiger charge is 2.57. The van der Waals surface area contributed by atoms with Crippen LogP contribution < -0.4 is 16.4 Å². The van der Waals surface area contributed by atoms with Crippen molar-refractivity contribution in [3.8, 4) is 0 Å². The van der Waals surface area contributed by atoms with Gasteiger partial charge in [-0.1, -0.05) is 67.8 Å². The minimum Gasteiger partial charge on any atom is -0.445 e. The largest absolute Gasteiger partial charge is 0.445 e. The first kappa shape index (κ1) is 23.8. The van der Waals surface area contributed by atoms with Gasteiger partial charge < -0.3 is 26.0 Å². The van der Waals surface area contributed by atoms with E-state index in [9.17, 15) is 19.2 Å². The number of rotatable bonds is 7. The second-order valence-electron chi connectivity index (χ2n) is 9.96. The van der Waals surface area contributed by atoms with E-state index >= 15 is 0 Å². The van der Waals surface area contributed by atoms with Crippen LogP contribution in [0, 0.1) is 5.92 Å². The Bertz CT molecular complexity index is 1180. The van der Waals surface area contributed by atoms with Gasteiger partial charge in [-0.3, -0.25) is 14.4 Å². The Morgan fingerprint density at radius 3 is 2.53 bits per heavy atom. The van der Waals surface area contributed by atoms with E-state index in [-0.39, 0.29) is 25.5 Å². The number of likely N-dealkylation sites (tertiary alicyclic amines) is 1. The Morgan fingerprint density at radius 2 is 1.83 bits per heavy atom. The number of anilines is 1. The molecule has 4 amide bonds. The van der Waals surface area contributed by atoms with Gasteiger partial charge in [0.25, 0.3) is 0 Å². The number of fused-ring (bicyclic) bond motifs is 2. The van der Waals surface area contributed by atoms with Crippen LogP contribution in [-0.4, -0.2) is 47.3 Å². The third-order valence-electron chi connectivity index (χ3n) is 7.69. The molecule has 0 unspecified atom stereocenters. The van der Waals surface area contributed by atoms with Crippen LogP contribution in [0.5, 0.6) is 0 Å². The summed E-state index contributed by atoms with van der Waals surface area (Å²) in [4.78, 5) is 53.4. The monoisotopic (exact) mass is 490 g/mol. The van der Waals surface area contributed by atoms with Crippen molar-refractivity contribution in [3.63, 3.8) is 0 Å². The molecule has 2 fully saturated rings. The van der Waals surface area contributed by atoms with Gasteiger partial charge in [-0.25, -0.2) is 4.79 Å². The number of primary amides is 1. The van der Waals surface area contributed by atoms with Crippen LogP contribution >= 0.6 is 0 Å². The number of nitrogens with one attached hydrogen (secondary N) is 2. The summed E-state index contributed by atoms with van der Waals surface area (Å²) in [5.74, 6) is -1.05. The fraction of sp³-hybridized carbons (Fsp3) is 0.407. The van der Waals surface area contributed by atoms with Gasteiger partial charge in [0, 0.05) is 12.2 Å². The van der Waals surface area contributed by atoms with Crippen LogP contribution in [0.15, 0.2) is 54.6 Å². The number of benzene rings is 2. The van der Waals surface area contributed by atoms with Gasteiger partial charge in [-0.05, 0) is 36.0 Å². The molecule has 5 rings (SSSR count). The molecule has 0 radical (unpaired) electrons. The maximum absolute atomic E-state index is 13.8. The van der Waals surface area contributed by atoms with E-state index in [1.54, 1.807) is 6.07 Å². The number of ether oxygens (including phenoxy) is 1. The molecule has 0 bridgehead atoms. The van der Waals surface area contributed by atoms with Crippen molar-refractivity contribution in [1.82, 2.24) is 10.2 Å². The summed E-state index contributed by atoms with van der Waals surface area (Å²) < 4.78 is 5.36. The molecule has 9 heteroatoms. The number of nitrogens with zero attached hydrogens (tertiary/aromatic N) is 1. The molecule has 2 heterocycles. The zero-order valence-electron chi connectivity index (χ0n) is 19.9. The maximum atomic E-state index is 13.8. The number of nitrogens with two attached hydrogens (primary N) is 1. The SMILES string of the molecule is NC(=O)[C@@H]1C[C@@]2(CN1C(=O)[C@H](CC1CCC1)NC(=O)OCc1ccccc1)C(=O)Nc1ccccc12. The van der Waals surface area contributed by atoms with Crippen molar-refractivity contribution in [2.75, 3.05) is 11.9 Å². The molecule has 9 nitrogen and oxygen atoms in total. The molecule has 188 valence electrons. The summed E-state index contributed by atoms with van der Waals surface area (Å²) in [7, 11) is 0. The average Bonchev–Trinajstić information content (AvgIpc) is 3.39. The normalized spacial score (nSPS) is 23.5. The first-order chi connectivity index (χ1) is 17.4. The fourth-order valence-electron chi connectivity index (χ4n) is 5.52. The molecule has 1 saturated carbocycles. The van der Waals surface area contributed by atoms with Crippen molar-refractivity contribution in [2.24, 2.45) is 11.7 Å². The lowest BCUT2D eigenvalue weighted by Crippen LogP contribution is -2.54. The highest BCUT2D eigenvalue weighted by molar-refractivity contribution is 6.08. The molecule has 4 N–H and O–H groups in total. The summed E-state index contributed by atoms with van der Waals surface area (Å²) in [5, 5.41) is 5.60. The predicted octanol–water partition coefficient (Wildman–Crippen LogP) is 2.45. The molecule has 36 heavy (non-hydrogen) atoms. The minimum atomic E-state index is -1.05. The molecular formula is C27H30N4O5. The van der Waals surface area contributed by atoms with E-state index in [4.69, 9.17) is 10.5 Å². The van der Waals surface area contributed by atoms with E-state index in [0.717, 1.165) is 30.4 Å². The topological polar surface area (TPSA) is 131 Å². The van der Waals surface area contributed by atoms with Gasteiger partial charge >= 0.3 is 6.09 Å². The number of hydrogen-bond acceptors (Lipinski definition) is 5. The second-order valence-corrected chi connectivity index (χ2v) is 9.96. The maximum Gasteiger partial charge on any atom is 0.408 e. The average molecular weight is 491 g/mol. The lowest BCUT2D eigenvalue weighted by Gasteiger charge is -2.33. The highest BCUT2D eigenvalue weighted by atomic mass is 16.5. The van der Waals surface area contributed by atoms with Gasteiger partial charge in [0.15, 0.2) is 0 Å². The summed E-state index contributed by atoms with van der Waals surface area (Å²) in [6, 6.07) is 14.7. The lowest BCUT2D eigenvalue weighted by molar-refractivity contribution is -0.139. The summed E-state index contributed by atoms with van der Waals surface area (Å²) >= 11 is 0. The highest BCUT2D eigenvalue weighted by Crippen LogP contribution is 2.46. The van der Waals surface area contributed by atoms with Gasteiger partial charge in [-0.15, -0.1) is 0 Å². The Labute approximate surface area is 209 Å². The van der Waals surface area contributed by atoms with E-state index < -0.39 is 35.4 Å².